The molecular weight excluding hydrogens is 385 g/mol. The Balaban J connectivity index is 1.42. The molecule has 3 N–H and O–H groups in total. The molecule has 0 saturated carbocycles. The molecule has 5 nitrogen and oxygen atoms in total. The molecule has 7 heteroatoms. The van der Waals surface area contributed by atoms with Crippen LogP contribution in [0.3, 0.4) is 0 Å². The SMILES string of the molecule is O=C1C[C@H]([NH2+]CCc2c[nH]c3ccc(Cl)cc23)C(=O)N1c1cccc(Cl)c1. The van der Waals surface area contributed by atoms with Gasteiger partial charge in [0.2, 0.25) is 5.91 Å². The largest absolute Gasteiger partial charge is 0.361 e. The lowest BCUT2D eigenvalue weighted by Gasteiger charge is -2.14. The number of amides is 2. The molecule has 1 atom stereocenters. The van der Waals surface area contributed by atoms with Gasteiger partial charge in [-0.1, -0.05) is 29.3 Å². The van der Waals surface area contributed by atoms with Gasteiger partial charge in [-0.2, -0.15) is 0 Å². The van der Waals surface area contributed by atoms with Gasteiger partial charge >= 0.3 is 0 Å². The molecule has 0 aliphatic carbocycles. The molecule has 138 valence electrons. The molecule has 0 radical (unpaired) electrons. The van der Waals surface area contributed by atoms with Crippen LogP contribution in [0.2, 0.25) is 10.0 Å². The molecule has 2 aromatic carbocycles. The number of nitrogens with one attached hydrogen (secondary N) is 1. The van der Waals surface area contributed by atoms with Crippen LogP contribution in [0, 0.1) is 0 Å². The maximum Gasteiger partial charge on any atom is 0.292 e. The highest BCUT2D eigenvalue weighted by atomic mass is 35.5. The molecule has 1 saturated heterocycles. The third kappa shape index (κ3) is 3.58. The zero-order valence-corrected chi connectivity index (χ0v) is 15.9. The lowest BCUT2D eigenvalue weighted by atomic mass is 10.1. The van der Waals surface area contributed by atoms with Crippen LogP contribution in [0.4, 0.5) is 5.69 Å². The summed E-state index contributed by atoms with van der Waals surface area (Å²) in [5, 5.41) is 4.22. The number of rotatable bonds is 5. The van der Waals surface area contributed by atoms with Crippen molar-refractivity contribution in [3.8, 4) is 0 Å². The standard InChI is InChI=1S/C20H17Cl2N3O2/c21-13-2-1-3-15(8-13)25-19(26)10-18(20(25)27)23-7-6-12-11-24-17-5-4-14(22)9-16(12)17/h1-5,8-9,11,18,23-24H,6-7,10H2/p+1/t18-/m0/s1. The Labute approximate surface area is 166 Å². The van der Waals surface area contributed by atoms with E-state index in [1.807, 2.05) is 29.7 Å². The van der Waals surface area contributed by atoms with Crippen LogP contribution in [0.15, 0.2) is 48.7 Å². The third-order valence-electron chi connectivity index (χ3n) is 4.84. The predicted molar refractivity (Wildman–Crippen MR) is 106 cm³/mol. The van der Waals surface area contributed by atoms with E-state index in [9.17, 15) is 9.59 Å². The lowest BCUT2D eigenvalue weighted by Crippen LogP contribution is -2.92. The summed E-state index contributed by atoms with van der Waals surface area (Å²) < 4.78 is 0. The number of hydrogen-bond acceptors (Lipinski definition) is 2. The van der Waals surface area contributed by atoms with E-state index < -0.39 is 6.04 Å². The zero-order chi connectivity index (χ0) is 19.0. The molecule has 4 rings (SSSR count). The van der Waals surface area contributed by atoms with E-state index in [-0.39, 0.29) is 18.2 Å². The summed E-state index contributed by atoms with van der Waals surface area (Å²) in [5.41, 5.74) is 2.71. The molecule has 1 aliphatic rings. The molecule has 0 spiro atoms. The van der Waals surface area contributed by atoms with Gasteiger partial charge in [0.25, 0.3) is 5.91 Å². The smallest absolute Gasteiger partial charge is 0.292 e. The van der Waals surface area contributed by atoms with E-state index in [2.05, 4.69) is 4.98 Å². The van der Waals surface area contributed by atoms with Crippen LogP contribution in [0.1, 0.15) is 12.0 Å². The fraction of sp³-hybridized carbons (Fsp3) is 0.200. The Morgan fingerprint density at radius 2 is 1.93 bits per heavy atom. The Hall–Kier alpha value is -2.34. The second-order valence-corrected chi connectivity index (χ2v) is 7.51. The zero-order valence-electron chi connectivity index (χ0n) is 14.4. The molecule has 1 fully saturated rings. The van der Waals surface area contributed by atoms with Gasteiger partial charge in [0, 0.05) is 33.6 Å². The van der Waals surface area contributed by atoms with Gasteiger partial charge in [-0.3, -0.25) is 9.59 Å². The number of aromatic nitrogens is 1. The number of H-pyrrole nitrogens is 1. The maximum atomic E-state index is 12.7. The van der Waals surface area contributed by atoms with Crippen LogP contribution in [0.5, 0.6) is 0 Å². The highest BCUT2D eigenvalue weighted by molar-refractivity contribution is 6.31. The van der Waals surface area contributed by atoms with E-state index in [0.29, 0.717) is 22.3 Å². The number of aromatic amines is 1. The Morgan fingerprint density at radius 3 is 2.74 bits per heavy atom. The molecule has 3 aromatic rings. The highest BCUT2D eigenvalue weighted by Gasteiger charge is 2.42. The second-order valence-electron chi connectivity index (χ2n) is 6.64. The number of halogens is 2. The fourth-order valence-corrected chi connectivity index (χ4v) is 3.88. The first-order valence-corrected chi connectivity index (χ1v) is 9.50. The van der Waals surface area contributed by atoms with Gasteiger partial charge < -0.3 is 10.3 Å². The maximum absolute atomic E-state index is 12.7. The number of nitrogens with two attached hydrogens (primary N) is 1. The van der Waals surface area contributed by atoms with E-state index in [1.165, 1.54) is 4.90 Å². The fourth-order valence-electron chi connectivity index (χ4n) is 3.52. The summed E-state index contributed by atoms with van der Waals surface area (Å²) >= 11 is 12.1. The Bertz CT molecular complexity index is 1030. The van der Waals surface area contributed by atoms with Crippen molar-refractivity contribution in [1.82, 2.24) is 4.98 Å². The van der Waals surface area contributed by atoms with Crippen molar-refractivity contribution in [1.29, 1.82) is 0 Å². The van der Waals surface area contributed by atoms with Gasteiger partial charge in [-0.15, -0.1) is 0 Å². The molecule has 1 aromatic heterocycles. The van der Waals surface area contributed by atoms with Crippen molar-refractivity contribution < 1.29 is 14.9 Å². The van der Waals surface area contributed by atoms with E-state index in [0.717, 1.165) is 22.9 Å². The number of benzene rings is 2. The third-order valence-corrected chi connectivity index (χ3v) is 5.31. The van der Waals surface area contributed by atoms with Crippen LogP contribution in [-0.2, 0) is 16.0 Å². The number of nitrogens with zero attached hydrogens (tertiary/aromatic N) is 1. The van der Waals surface area contributed by atoms with Crippen molar-refractivity contribution in [2.24, 2.45) is 0 Å². The van der Waals surface area contributed by atoms with Crippen molar-refractivity contribution in [2.45, 2.75) is 18.9 Å². The van der Waals surface area contributed by atoms with Gasteiger partial charge in [0.1, 0.15) is 0 Å². The minimum atomic E-state index is -0.398. The second kappa shape index (κ2) is 7.35. The minimum Gasteiger partial charge on any atom is -0.361 e. The number of carbonyl (C=O) groups excluding carboxylic acids is 2. The van der Waals surface area contributed by atoms with Gasteiger partial charge in [0.15, 0.2) is 6.04 Å². The normalized spacial score (nSPS) is 17.3. The molecule has 2 heterocycles. The first kappa shape index (κ1) is 18.0. The van der Waals surface area contributed by atoms with Gasteiger partial charge in [0.05, 0.1) is 18.7 Å². The predicted octanol–water partition coefficient (Wildman–Crippen LogP) is 2.91. The first-order valence-electron chi connectivity index (χ1n) is 8.74. The molecule has 0 unspecified atom stereocenters. The number of quaternary nitrogens is 1. The van der Waals surface area contributed by atoms with Crippen molar-refractivity contribution >= 4 is 51.6 Å². The first-order chi connectivity index (χ1) is 13.0. The molecule has 27 heavy (non-hydrogen) atoms. The number of carbonyl (C=O) groups is 2. The van der Waals surface area contributed by atoms with Crippen molar-refractivity contribution in [3.63, 3.8) is 0 Å². The summed E-state index contributed by atoms with van der Waals surface area (Å²) in [5.74, 6) is -0.383. The van der Waals surface area contributed by atoms with Crippen LogP contribution in [0.25, 0.3) is 10.9 Å². The molecular formula is C20H18Cl2N3O2+. The van der Waals surface area contributed by atoms with Crippen LogP contribution >= 0.6 is 23.2 Å². The lowest BCUT2D eigenvalue weighted by molar-refractivity contribution is -0.674. The molecule has 2 amide bonds. The van der Waals surface area contributed by atoms with Gasteiger partial charge in [-0.05, 0) is 42.0 Å². The monoisotopic (exact) mass is 402 g/mol. The van der Waals surface area contributed by atoms with Crippen molar-refractivity contribution in [3.05, 3.63) is 64.3 Å². The Morgan fingerprint density at radius 1 is 1.11 bits per heavy atom. The topological polar surface area (TPSA) is 69.8 Å². The number of anilines is 1. The summed E-state index contributed by atoms with van der Waals surface area (Å²) in [7, 11) is 0. The summed E-state index contributed by atoms with van der Waals surface area (Å²) in [6.45, 7) is 0.701. The molecule has 1 aliphatic heterocycles. The summed E-state index contributed by atoms with van der Waals surface area (Å²) in [6.07, 6.45) is 2.94. The number of fused-ring (bicyclic) bond motifs is 1. The van der Waals surface area contributed by atoms with Gasteiger partial charge in [-0.25, -0.2) is 4.90 Å². The Kier molecular flexibility index (Phi) is 4.91. The average molecular weight is 403 g/mol. The van der Waals surface area contributed by atoms with Crippen LogP contribution in [-0.4, -0.2) is 29.4 Å². The van der Waals surface area contributed by atoms with E-state index in [1.54, 1.807) is 24.3 Å². The number of imide groups is 1. The quantitative estimate of drug-likeness (QED) is 0.644. The van der Waals surface area contributed by atoms with Crippen molar-refractivity contribution in [2.75, 3.05) is 11.4 Å². The van der Waals surface area contributed by atoms with E-state index >= 15 is 0 Å². The van der Waals surface area contributed by atoms with Crippen LogP contribution < -0.4 is 10.2 Å². The summed E-state index contributed by atoms with van der Waals surface area (Å²) in [6, 6.07) is 12.1. The molecule has 0 bridgehead atoms. The van der Waals surface area contributed by atoms with E-state index in [4.69, 9.17) is 23.2 Å². The summed E-state index contributed by atoms with van der Waals surface area (Å²) in [4.78, 5) is 29.5. The average Bonchev–Trinajstić information content (AvgIpc) is 3.15. The minimum absolute atomic E-state index is 0.191. The number of hydrogen-bond donors (Lipinski definition) is 2. The highest BCUT2D eigenvalue weighted by Crippen LogP contribution is 2.25.